The first-order chi connectivity index (χ1) is 14.9. The molecule has 3 heterocycles. The van der Waals surface area contributed by atoms with E-state index in [1.807, 2.05) is 12.1 Å². The van der Waals surface area contributed by atoms with Crippen molar-refractivity contribution in [3.05, 3.63) is 40.9 Å². The highest BCUT2D eigenvalue weighted by molar-refractivity contribution is 6.30. The van der Waals surface area contributed by atoms with Gasteiger partial charge < -0.3 is 9.47 Å². The van der Waals surface area contributed by atoms with Crippen LogP contribution in [0.5, 0.6) is 0 Å². The monoisotopic (exact) mass is 441 g/mol. The second kappa shape index (κ2) is 7.07. The molecule has 4 nitrogen and oxygen atoms in total. The zero-order chi connectivity index (χ0) is 21.4. The Labute approximate surface area is 189 Å². The lowest BCUT2D eigenvalue weighted by Crippen LogP contribution is -2.54. The van der Waals surface area contributed by atoms with Crippen LogP contribution in [0.25, 0.3) is 5.57 Å². The van der Waals surface area contributed by atoms with E-state index in [1.165, 1.54) is 30.4 Å². The molecule has 7 atom stereocenters. The number of esters is 1. The first-order valence-corrected chi connectivity index (χ1v) is 12.3. The van der Waals surface area contributed by atoms with Crippen LogP contribution in [0.15, 0.2) is 30.3 Å². The molecule has 0 radical (unpaired) electrons. The minimum Gasteiger partial charge on any atom is -0.462 e. The van der Waals surface area contributed by atoms with Crippen LogP contribution in [-0.4, -0.2) is 48.3 Å². The lowest BCUT2D eigenvalue weighted by molar-refractivity contribution is -0.146. The molecule has 1 aromatic carbocycles. The van der Waals surface area contributed by atoms with E-state index in [0.717, 1.165) is 37.5 Å². The summed E-state index contributed by atoms with van der Waals surface area (Å²) in [7, 11) is 0. The summed E-state index contributed by atoms with van der Waals surface area (Å²) in [5, 5.41) is 0.770. The standard InChI is InChI=1S/C26H32ClNO3/c1-16-4-3-11-25(2)14-21-22(23-26(16,25)31-23)20(24(29)30-21)15-28-12-9-18(10-13-28)17-5-7-19(27)8-6-17/h5-9,16,20-23H,3-4,10-15H2,1-2H3/t16-,20-,21-,22+,23+,25+,26-/m1/s1. The van der Waals surface area contributed by atoms with Crippen molar-refractivity contribution in [1.82, 2.24) is 4.90 Å². The summed E-state index contributed by atoms with van der Waals surface area (Å²) in [5.74, 6) is 0.748. The van der Waals surface area contributed by atoms with Gasteiger partial charge in [-0.2, -0.15) is 0 Å². The van der Waals surface area contributed by atoms with Gasteiger partial charge in [0.1, 0.15) is 11.7 Å². The third kappa shape index (κ3) is 2.98. The highest BCUT2D eigenvalue weighted by Crippen LogP contribution is 2.70. The second-order valence-electron chi connectivity index (χ2n) is 10.8. The Kier molecular flexibility index (Phi) is 4.62. The van der Waals surface area contributed by atoms with E-state index in [9.17, 15) is 4.79 Å². The predicted molar refractivity (Wildman–Crippen MR) is 121 cm³/mol. The Morgan fingerprint density at radius 2 is 2.06 bits per heavy atom. The van der Waals surface area contributed by atoms with E-state index in [0.29, 0.717) is 5.92 Å². The molecule has 5 heteroatoms. The van der Waals surface area contributed by atoms with Crippen LogP contribution in [-0.2, 0) is 14.3 Å². The molecule has 2 aliphatic carbocycles. The average molecular weight is 442 g/mol. The average Bonchev–Trinajstić information content (AvgIpc) is 3.44. The molecule has 1 aromatic rings. The third-order valence-electron chi connectivity index (χ3n) is 9.16. The molecule has 0 N–H and O–H groups in total. The van der Waals surface area contributed by atoms with Gasteiger partial charge in [-0.15, -0.1) is 0 Å². The number of benzene rings is 1. The SMILES string of the molecule is C[C@@H]1CCC[C@@]2(C)C[C@H]3OC(=O)[C@H](CN4CC=C(c5ccc(Cl)cc5)CC4)[C@@H]3[C@@H]3O[C@]132. The van der Waals surface area contributed by atoms with Gasteiger partial charge in [-0.25, -0.2) is 0 Å². The fraction of sp³-hybridized carbons (Fsp3) is 0.654. The van der Waals surface area contributed by atoms with Crippen molar-refractivity contribution < 1.29 is 14.3 Å². The van der Waals surface area contributed by atoms with E-state index in [2.05, 4.69) is 37.0 Å². The van der Waals surface area contributed by atoms with E-state index in [-0.39, 0.29) is 41.0 Å². The number of nitrogens with zero attached hydrogens (tertiary/aromatic N) is 1. The van der Waals surface area contributed by atoms with Crippen LogP contribution in [0.1, 0.15) is 51.5 Å². The van der Waals surface area contributed by atoms with Crippen LogP contribution in [0.3, 0.4) is 0 Å². The van der Waals surface area contributed by atoms with Gasteiger partial charge in [0.15, 0.2) is 0 Å². The first kappa shape index (κ1) is 20.3. The number of carbonyl (C=O) groups excluding carboxylic acids is 1. The van der Waals surface area contributed by atoms with Gasteiger partial charge in [0.2, 0.25) is 0 Å². The Bertz CT molecular complexity index is 929. The molecule has 5 aliphatic rings. The Balaban J connectivity index is 1.17. The molecule has 0 unspecified atom stereocenters. The molecule has 1 spiro atoms. The molecule has 4 fully saturated rings. The summed E-state index contributed by atoms with van der Waals surface area (Å²) in [6.07, 6.45) is 8.22. The van der Waals surface area contributed by atoms with Crippen molar-refractivity contribution in [3.63, 3.8) is 0 Å². The molecule has 3 aliphatic heterocycles. The summed E-state index contributed by atoms with van der Waals surface area (Å²) >= 11 is 6.03. The Hall–Kier alpha value is -1.36. The van der Waals surface area contributed by atoms with Crippen molar-refractivity contribution in [2.24, 2.45) is 23.2 Å². The summed E-state index contributed by atoms with van der Waals surface area (Å²) in [6, 6.07) is 8.09. The van der Waals surface area contributed by atoms with Gasteiger partial charge in [0, 0.05) is 36.0 Å². The number of carbonyl (C=O) groups is 1. The molecule has 0 amide bonds. The van der Waals surface area contributed by atoms with E-state index in [1.54, 1.807) is 0 Å². The van der Waals surface area contributed by atoms with Crippen molar-refractivity contribution in [1.29, 1.82) is 0 Å². The fourth-order valence-electron chi connectivity index (χ4n) is 7.52. The number of fused-ring (bicyclic) bond motifs is 2. The summed E-state index contributed by atoms with van der Waals surface area (Å²) in [6.45, 7) is 7.38. The van der Waals surface area contributed by atoms with E-state index < -0.39 is 0 Å². The van der Waals surface area contributed by atoms with Crippen molar-refractivity contribution in [2.45, 2.75) is 63.8 Å². The van der Waals surface area contributed by atoms with Crippen LogP contribution < -0.4 is 0 Å². The van der Waals surface area contributed by atoms with Crippen LogP contribution in [0.4, 0.5) is 0 Å². The molecule has 6 rings (SSSR count). The third-order valence-corrected chi connectivity index (χ3v) is 9.41. The number of halogens is 1. The van der Waals surface area contributed by atoms with Crippen molar-refractivity contribution >= 4 is 23.1 Å². The molecular formula is C26H32ClNO3. The largest absolute Gasteiger partial charge is 0.462 e. The normalized spacial score (nSPS) is 44.0. The van der Waals surface area contributed by atoms with Crippen LogP contribution in [0, 0.1) is 23.2 Å². The number of hydrogen-bond acceptors (Lipinski definition) is 4. The maximum Gasteiger partial charge on any atom is 0.311 e. The fourth-order valence-corrected chi connectivity index (χ4v) is 7.65. The topological polar surface area (TPSA) is 42.1 Å². The smallest absolute Gasteiger partial charge is 0.311 e. The maximum absolute atomic E-state index is 13.0. The highest BCUT2D eigenvalue weighted by Gasteiger charge is 2.78. The van der Waals surface area contributed by atoms with E-state index in [4.69, 9.17) is 21.1 Å². The number of epoxide rings is 1. The number of hydrogen-bond donors (Lipinski definition) is 0. The minimum atomic E-state index is -0.0569. The number of rotatable bonds is 3. The zero-order valence-corrected chi connectivity index (χ0v) is 19.2. The predicted octanol–water partition coefficient (Wildman–Crippen LogP) is 4.95. The van der Waals surface area contributed by atoms with Gasteiger partial charge in [-0.3, -0.25) is 9.69 Å². The van der Waals surface area contributed by atoms with Gasteiger partial charge in [-0.1, -0.05) is 50.1 Å². The molecule has 2 saturated heterocycles. The minimum absolute atomic E-state index is 0.00280. The van der Waals surface area contributed by atoms with Crippen molar-refractivity contribution in [2.75, 3.05) is 19.6 Å². The second-order valence-corrected chi connectivity index (χ2v) is 11.2. The van der Waals surface area contributed by atoms with Gasteiger partial charge in [0.25, 0.3) is 0 Å². The van der Waals surface area contributed by atoms with Crippen LogP contribution >= 0.6 is 11.6 Å². The van der Waals surface area contributed by atoms with Crippen molar-refractivity contribution in [3.8, 4) is 0 Å². The highest BCUT2D eigenvalue weighted by atomic mass is 35.5. The lowest BCUT2D eigenvalue weighted by Gasteiger charge is -2.49. The van der Waals surface area contributed by atoms with Gasteiger partial charge in [0.05, 0.1) is 12.0 Å². The zero-order valence-electron chi connectivity index (χ0n) is 18.5. The summed E-state index contributed by atoms with van der Waals surface area (Å²) in [4.78, 5) is 15.4. The Morgan fingerprint density at radius 3 is 2.81 bits per heavy atom. The van der Waals surface area contributed by atoms with Gasteiger partial charge >= 0.3 is 5.97 Å². The quantitative estimate of drug-likeness (QED) is 0.491. The first-order valence-electron chi connectivity index (χ1n) is 12.0. The van der Waals surface area contributed by atoms with Crippen LogP contribution in [0.2, 0.25) is 5.02 Å². The summed E-state index contributed by atoms with van der Waals surface area (Å²) in [5.41, 5.74) is 2.76. The lowest BCUT2D eigenvalue weighted by atomic mass is 9.53. The molecule has 0 aromatic heterocycles. The number of ether oxygens (including phenoxy) is 2. The summed E-state index contributed by atoms with van der Waals surface area (Å²) < 4.78 is 12.6. The van der Waals surface area contributed by atoms with Gasteiger partial charge in [-0.05, 0) is 54.9 Å². The molecule has 2 saturated carbocycles. The molecule has 166 valence electrons. The molecular weight excluding hydrogens is 410 g/mol. The maximum atomic E-state index is 13.0. The Morgan fingerprint density at radius 1 is 1.26 bits per heavy atom. The molecule has 31 heavy (non-hydrogen) atoms. The van der Waals surface area contributed by atoms with E-state index >= 15 is 0 Å². The molecule has 0 bridgehead atoms.